The molecule has 0 radical (unpaired) electrons. The van der Waals surface area contributed by atoms with E-state index in [0.29, 0.717) is 23.7 Å². The standard InChI is InChI=1S/C21H20FNO4S/c1-26-21-13-17(7-12-20(21)27-15-16-5-3-2-4-6-16)14-23-28(24,25)19-10-8-18(22)9-11-19/h2-13,23H,14-15H2,1H3. The van der Waals surface area contributed by atoms with Crippen LogP contribution in [0.15, 0.2) is 77.7 Å². The Labute approximate surface area is 163 Å². The highest BCUT2D eigenvalue weighted by Crippen LogP contribution is 2.29. The summed E-state index contributed by atoms with van der Waals surface area (Å²) in [5.41, 5.74) is 1.73. The molecule has 1 N–H and O–H groups in total. The van der Waals surface area contributed by atoms with Gasteiger partial charge in [0.1, 0.15) is 12.4 Å². The van der Waals surface area contributed by atoms with Gasteiger partial charge in [0.15, 0.2) is 11.5 Å². The first-order chi connectivity index (χ1) is 13.5. The van der Waals surface area contributed by atoms with Crippen molar-refractivity contribution in [2.45, 2.75) is 18.0 Å². The third kappa shape index (κ3) is 5.09. The molecule has 0 atom stereocenters. The minimum Gasteiger partial charge on any atom is -0.493 e. The van der Waals surface area contributed by atoms with Gasteiger partial charge in [-0.15, -0.1) is 0 Å². The summed E-state index contributed by atoms with van der Waals surface area (Å²) in [6, 6.07) is 19.6. The van der Waals surface area contributed by atoms with Crippen LogP contribution in [0.4, 0.5) is 4.39 Å². The zero-order valence-electron chi connectivity index (χ0n) is 15.3. The number of methoxy groups -OCH3 is 1. The molecular formula is C21H20FNO4S. The van der Waals surface area contributed by atoms with Crippen molar-refractivity contribution in [3.05, 3.63) is 89.7 Å². The summed E-state index contributed by atoms with van der Waals surface area (Å²) in [6.07, 6.45) is 0. The van der Waals surface area contributed by atoms with Crippen LogP contribution >= 0.6 is 0 Å². The van der Waals surface area contributed by atoms with Crippen LogP contribution in [-0.2, 0) is 23.2 Å². The fourth-order valence-corrected chi connectivity index (χ4v) is 3.57. The highest BCUT2D eigenvalue weighted by molar-refractivity contribution is 7.89. The molecule has 0 aliphatic rings. The van der Waals surface area contributed by atoms with E-state index in [4.69, 9.17) is 9.47 Å². The lowest BCUT2D eigenvalue weighted by molar-refractivity contribution is 0.284. The molecule has 146 valence electrons. The van der Waals surface area contributed by atoms with Crippen LogP contribution in [0.5, 0.6) is 11.5 Å². The number of sulfonamides is 1. The number of halogens is 1. The molecule has 3 rings (SSSR count). The van der Waals surface area contributed by atoms with Crippen molar-refractivity contribution in [3.8, 4) is 11.5 Å². The SMILES string of the molecule is COc1cc(CNS(=O)(=O)c2ccc(F)cc2)ccc1OCc1ccccc1. The summed E-state index contributed by atoms with van der Waals surface area (Å²) in [7, 11) is -2.21. The molecule has 0 unspecified atom stereocenters. The quantitative estimate of drug-likeness (QED) is 0.622. The molecule has 5 nitrogen and oxygen atoms in total. The fourth-order valence-electron chi connectivity index (χ4n) is 2.55. The van der Waals surface area contributed by atoms with Crippen LogP contribution in [0.1, 0.15) is 11.1 Å². The molecule has 7 heteroatoms. The Kier molecular flexibility index (Phi) is 6.28. The van der Waals surface area contributed by atoms with E-state index in [1.807, 2.05) is 30.3 Å². The van der Waals surface area contributed by atoms with Gasteiger partial charge >= 0.3 is 0 Å². The largest absolute Gasteiger partial charge is 0.493 e. The first kappa shape index (κ1) is 19.9. The van der Waals surface area contributed by atoms with Gasteiger partial charge in [0.05, 0.1) is 12.0 Å². The number of hydrogen-bond donors (Lipinski definition) is 1. The van der Waals surface area contributed by atoms with Crippen molar-refractivity contribution in [2.24, 2.45) is 0 Å². The molecule has 0 saturated heterocycles. The van der Waals surface area contributed by atoms with Crippen LogP contribution in [-0.4, -0.2) is 15.5 Å². The maximum atomic E-state index is 13.0. The average Bonchev–Trinajstić information content (AvgIpc) is 2.72. The number of nitrogens with one attached hydrogen (secondary N) is 1. The second kappa shape index (κ2) is 8.86. The van der Waals surface area contributed by atoms with E-state index in [0.717, 1.165) is 17.7 Å². The molecule has 0 bridgehead atoms. The van der Waals surface area contributed by atoms with Crippen LogP contribution in [0.3, 0.4) is 0 Å². The molecule has 3 aromatic rings. The summed E-state index contributed by atoms with van der Waals surface area (Å²) >= 11 is 0. The third-order valence-electron chi connectivity index (χ3n) is 4.06. The van der Waals surface area contributed by atoms with Gasteiger partial charge in [0, 0.05) is 6.54 Å². The van der Waals surface area contributed by atoms with E-state index >= 15 is 0 Å². The Bertz CT molecular complexity index is 1020. The van der Waals surface area contributed by atoms with Crippen molar-refractivity contribution >= 4 is 10.0 Å². The maximum absolute atomic E-state index is 13.0. The summed E-state index contributed by atoms with van der Waals surface area (Å²) in [5.74, 6) is 0.584. The van der Waals surface area contributed by atoms with Gasteiger partial charge in [0.25, 0.3) is 0 Å². The molecule has 28 heavy (non-hydrogen) atoms. The monoisotopic (exact) mass is 401 g/mol. The van der Waals surface area contributed by atoms with Crippen molar-refractivity contribution < 1.29 is 22.3 Å². The van der Waals surface area contributed by atoms with E-state index < -0.39 is 15.8 Å². The number of rotatable bonds is 8. The normalized spacial score (nSPS) is 11.2. The van der Waals surface area contributed by atoms with Gasteiger partial charge in [0.2, 0.25) is 10.0 Å². The van der Waals surface area contributed by atoms with E-state index in [-0.39, 0.29) is 11.4 Å². The lowest BCUT2D eigenvalue weighted by atomic mass is 10.2. The predicted octanol–water partition coefficient (Wildman–Crippen LogP) is 3.89. The van der Waals surface area contributed by atoms with Crippen molar-refractivity contribution in [3.63, 3.8) is 0 Å². The highest BCUT2D eigenvalue weighted by atomic mass is 32.2. The number of hydrogen-bond acceptors (Lipinski definition) is 4. The Morgan fingerprint density at radius 2 is 1.61 bits per heavy atom. The third-order valence-corrected chi connectivity index (χ3v) is 5.47. The van der Waals surface area contributed by atoms with E-state index in [1.54, 1.807) is 18.2 Å². The lowest BCUT2D eigenvalue weighted by Gasteiger charge is -2.13. The molecule has 0 saturated carbocycles. The molecule has 0 aliphatic heterocycles. The smallest absolute Gasteiger partial charge is 0.240 e. The van der Waals surface area contributed by atoms with Crippen LogP contribution in [0.25, 0.3) is 0 Å². The first-order valence-electron chi connectivity index (χ1n) is 8.57. The van der Waals surface area contributed by atoms with Gasteiger partial charge in [-0.3, -0.25) is 0 Å². The van der Waals surface area contributed by atoms with E-state index in [9.17, 15) is 12.8 Å². The number of benzene rings is 3. The molecule has 0 aliphatic carbocycles. The van der Waals surface area contributed by atoms with Crippen molar-refractivity contribution in [1.82, 2.24) is 4.72 Å². The van der Waals surface area contributed by atoms with E-state index in [2.05, 4.69) is 4.72 Å². The second-order valence-electron chi connectivity index (χ2n) is 6.04. The minimum absolute atomic E-state index is 0.00341. The lowest BCUT2D eigenvalue weighted by Crippen LogP contribution is -2.23. The molecule has 0 aromatic heterocycles. The van der Waals surface area contributed by atoms with Gasteiger partial charge in [-0.2, -0.15) is 0 Å². The zero-order valence-corrected chi connectivity index (χ0v) is 16.1. The summed E-state index contributed by atoms with van der Waals surface area (Å²) in [6.45, 7) is 0.461. The maximum Gasteiger partial charge on any atom is 0.240 e. The molecule has 0 fully saturated rings. The van der Waals surface area contributed by atoms with Crippen molar-refractivity contribution in [2.75, 3.05) is 7.11 Å². The topological polar surface area (TPSA) is 64.6 Å². The molecule has 3 aromatic carbocycles. The Morgan fingerprint density at radius 1 is 0.893 bits per heavy atom. The molecular weight excluding hydrogens is 381 g/mol. The van der Waals surface area contributed by atoms with E-state index in [1.165, 1.54) is 19.2 Å². The Hall–Kier alpha value is -2.90. The van der Waals surface area contributed by atoms with Crippen LogP contribution in [0.2, 0.25) is 0 Å². The Balaban J connectivity index is 1.67. The first-order valence-corrected chi connectivity index (χ1v) is 10.0. The fraction of sp³-hybridized carbons (Fsp3) is 0.143. The van der Waals surface area contributed by atoms with Gasteiger partial charge in [-0.05, 0) is 47.5 Å². The summed E-state index contributed by atoms with van der Waals surface area (Å²) < 4.78 is 51.2. The summed E-state index contributed by atoms with van der Waals surface area (Å²) in [5, 5.41) is 0. The highest BCUT2D eigenvalue weighted by Gasteiger charge is 2.14. The van der Waals surface area contributed by atoms with Gasteiger partial charge in [-0.1, -0.05) is 36.4 Å². The predicted molar refractivity (Wildman–Crippen MR) is 104 cm³/mol. The summed E-state index contributed by atoms with van der Waals surface area (Å²) in [4.78, 5) is 0.00341. The molecule has 0 amide bonds. The van der Waals surface area contributed by atoms with Crippen molar-refractivity contribution in [1.29, 1.82) is 0 Å². The second-order valence-corrected chi connectivity index (χ2v) is 7.80. The molecule has 0 spiro atoms. The van der Waals surface area contributed by atoms with Crippen LogP contribution < -0.4 is 14.2 Å². The molecule has 0 heterocycles. The Morgan fingerprint density at radius 3 is 2.29 bits per heavy atom. The number of ether oxygens (including phenoxy) is 2. The average molecular weight is 401 g/mol. The van der Waals surface area contributed by atoms with Gasteiger partial charge < -0.3 is 9.47 Å². The van der Waals surface area contributed by atoms with Crippen LogP contribution in [0, 0.1) is 5.82 Å². The van der Waals surface area contributed by atoms with Gasteiger partial charge in [-0.25, -0.2) is 17.5 Å². The zero-order chi connectivity index (χ0) is 20.0. The minimum atomic E-state index is -3.74.